The molecule has 0 saturated carbocycles. The van der Waals surface area contributed by atoms with Crippen molar-refractivity contribution in [3.8, 4) is 0 Å². The first-order chi connectivity index (χ1) is 10.6. The van der Waals surface area contributed by atoms with Crippen molar-refractivity contribution >= 4 is 23.4 Å². The number of carbonyl (C=O) groups is 1. The summed E-state index contributed by atoms with van der Waals surface area (Å²) in [5.74, 6) is 0.604. The molecule has 2 nitrogen and oxygen atoms in total. The maximum Gasteiger partial charge on any atom is 0.224 e. The van der Waals surface area contributed by atoms with Crippen LogP contribution in [0.15, 0.2) is 53.4 Å². The Morgan fingerprint density at radius 1 is 1.14 bits per heavy atom. The first kappa shape index (κ1) is 16.6. The third-order valence-electron chi connectivity index (χ3n) is 3.64. The Bertz CT molecular complexity index is 620. The number of amides is 1. The van der Waals surface area contributed by atoms with Crippen molar-refractivity contribution in [3.63, 3.8) is 0 Å². The summed E-state index contributed by atoms with van der Waals surface area (Å²) in [6.07, 6.45) is 3.30. The van der Waals surface area contributed by atoms with Crippen molar-refractivity contribution in [3.05, 3.63) is 59.7 Å². The molecule has 2 aromatic rings. The molecule has 0 saturated heterocycles. The maximum atomic E-state index is 12.0. The molecule has 0 aliphatic heterocycles. The third-order valence-corrected chi connectivity index (χ3v) is 4.37. The van der Waals surface area contributed by atoms with Gasteiger partial charge in [-0.15, -0.1) is 11.8 Å². The molecule has 1 amide bonds. The molecule has 2 rings (SSSR count). The van der Waals surface area contributed by atoms with E-state index in [1.165, 1.54) is 11.1 Å². The molecule has 116 valence electrons. The fourth-order valence-electron chi connectivity index (χ4n) is 2.25. The molecule has 0 spiro atoms. The van der Waals surface area contributed by atoms with Crippen molar-refractivity contribution < 1.29 is 4.79 Å². The number of rotatable bonds is 6. The van der Waals surface area contributed by atoms with Crippen LogP contribution in [0.3, 0.4) is 0 Å². The average Bonchev–Trinajstić information content (AvgIpc) is 2.53. The number of anilines is 1. The smallest absolute Gasteiger partial charge is 0.224 e. The van der Waals surface area contributed by atoms with Gasteiger partial charge in [0.2, 0.25) is 5.91 Å². The lowest BCUT2D eigenvalue weighted by molar-refractivity contribution is -0.116. The van der Waals surface area contributed by atoms with Crippen molar-refractivity contribution in [1.29, 1.82) is 0 Å². The van der Waals surface area contributed by atoms with Crippen LogP contribution in [0, 0.1) is 0 Å². The average molecular weight is 313 g/mol. The molecule has 0 fully saturated rings. The van der Waals surface area contributed by atoms with Gasteiger partial charge in [0.1, 0.15) is 0 Å². The van der Waals surface area contributed by atoms with Crippen molar-refractivity contribution in [1.82, 2.24) is 0 Å². The van der Waals surface area contributed by atoms with Crippen LogP contribution in [-0.2, 0) is 11.2 Å². The van der Waals surface area contributed by atoms with Gasteiger partial charge < -0.3 is 5.32 Å². The molecule has 0 aliphatic rings. The van der Waals surface area contributed by atoms with Crippen molar-refractivity contribution in [2.45, 2.75) is 37.5 Å². The number of hydrogen-bond donors (Lipinski definition) is 1. The summed E-state index contributed by atoms with van der Waals surface area (Å²) in [5.41, 5.74) is 3.41. The monoisotopic (exact) mass is 313 g/mol. The lowest BCUT2D eigenvalue weighted by Crippen LogP contribution is -2.12. The fourth-order valence-corrected chi connectivity index (χ4v) is 2.71. The summed E-state index contributed by atoms with van der Waals surface area (Å²) in [6, 6.07) is 16.5. The van der Waals surface area contributed by atoms with E-state index in [2.05, 4.69) is 43.4 Å². The minimum absolute atomic E-state index is 0.0613. The Morgan fingerprint density at radius 3 is 2.50 bits per heavy atom. The van der Waals surface area contributed by atoms with Crippen LogP contribution >= 0.6 is 11.8 Å². The van der Waals surface area contributed by atoms with Gasteiger partial charge in [-0.25, -0.2) is 0 Å². The molecule has 0 aliphatic carbocycles. The standard InChI is InChI=1S/C19H23NOS/c1-14(2)16-10-7-15(8-11-16)9-12-19(21)20-17-5-4-6-18(13-17)22-3/h4-8,10-11,13-14H,9,12H2,1-3H3,(H,20,21). The summed E-state index contributed by atoms with van der Waals surface area (Å²) in [7, 11) is 0. The third kappa shape index (κ3) is 4.92. The van der Waals surface area contributed by atoms with Crippen LogP contribution in [0.4, 0.5) is 5.69 Å². The summed E-state index contributed by atoms with van der Waals surface area (Å²) in [4.78, 5) is 13.2. The van der Waals surface area contributed by atoms with Crippen LogP contribution in [0.5, 0.6) is 0 Å². The van der Waals surface area contributed by atoms with Gasteiger partial charge in [0.15, 0.2) is 0 Å². The second-order valence-electron chi connectivity index (χ2n) is 5.68. The van der Waals surface area contributed by atoms with Gasteiger partial charge in [0.25, 0.3) is 0 Å². The maximum absolute atomic E-state index is 12.0. The molecule has 0 aromatic heterocycles. The minimum Gasteiger partial charge on any atom is -0.326 e. The summed E-state index contributed by atoms with van der Waals surface area (Å²) in [6.45, 7) is 4.37. The van der Waals surface area contributed by atoms with E-state index in [0.717, 1.165) is 17.0 Å². The van der Waals surface area contributed by atoms with Crippen molar-refractivity contribution in [2.24, 2.45) is 0 Å². The minimum atomic E-state index is 0.0613. The van der Waals surface area contributed by atoms with Gasteiger partial charge in [-0.05, 0) is 47.9 Å². The second-order valence-corrected chi connectivity index (χ2v) is 6.56. The highest BCUT2D eigenvalue weighted by Gasteiger charge is 2.05. The molecular weight excluding hydrogens is 290 g/mol. The Labute approximate surface area is 137 Å². The highest BCUT2D eigenvalue weighted by atomic mass is 32.2. The second kappa shape index (κ2) is 8.04. The lowest BCUT2D eigenvalue weighted by Gasteiger charge is -2.08. The molecule has 0 bridgehead atoms. The van der Waals surface area contributed by atoms with E-state index >= 15 is 0 Å². The van der Waals surface area contributed by atoms with E-state index in [-0.39, 0.29) is 5.91 Å². The molecule has 3 heteroatoms. The normalized spacial score (nSPS) is 10.7. The molecule has 0 atom stereocenters. The lowest BCUT2D eigenvalue weighted by atomic mass is 10.0. The van der Waals surface area contributed by atoms with Gasteiger partial charge in [0, 0.05) is 17.0 Å². The van der Waals surface area contributed by atoms with E-state index in [1.807, 2.05) is 30.5 Å². The Kier molecular flexibility index (Phi) is 6.08. The van der Waals surface area contributed by atoms with Gasteiger partial charge in [0.05, 0.1) is 0 Å². The van der Waals surface area contributed by atoms with Gasteiger partial charge in [-0.1, -0.05) is 44.2 Å². The number of hydrogen-bond acceptors (Lipinski definition) is 2. The Balaban J connectivity index is 1.87. The molecule has 0 radical (unpaired) electrons. The van der Waals surface area contributed by atoms with E-state index in [0.29, 0.717) is 12.3 Å². The number of carbonyl (C=O) groups excluding carboxylic acids is 1. The molecule has 0 unspecified atom stereocenters. The molecule has 22 heavy (non-hydrogen) atoms. The SMILES string of the molecule is CSc1cccc(NC(=O)CCc2ccc(C(C)C)cc2)c1. The molecule has 2 aromatic carbocycles. The highest BCUT2D eigenvalue weighted by molar-refractivity contribution is 7.98. The van der Waals surface area contributed by atoms with Gasteiger partial charge in [-0.3, -0.25) is 4.79 Å². The van der Waals surface area contributed by atoms with Crippen LogP contribution in [-0.4, -0.2) is 12.2 Å². The first-order valence-corrected chi connectivity index (χ1v) is 8.83. The number of nitrogens with one attached hydrogen (secondary N) is 1. The summed E-state index contributed by atoms with van der Waals surface area (Å²) >= 11 is 1.67. The first-order valence-electron chi connectivity index (χ1n) is 7.61. The summed E-state index contributed by atoms with van der Waals surface area (Å²) < 4.78 is 0. The Morgan fingerprint density at radius 2 is 1.86 bits per heavy atom. The molecular formula is C19H23NOS. The van der Waals surface area contributed by atoms with Crippen LogP contribution in [0.1, 0.15) is 37.3 Å². The Hall–Kier alpha value is -1.74. The zero-order valence-electron chi connectivity index (χ0n) is 13.4. The van der Waals surface area contributed by atoms with E-state index < -0.39 is 0 Å². The van der Waals surface area contributed by atoms with Crippen LogP contribution in [0.2, 0.25) is 0 Å². The van der Waals surface area contributed by atoms with Crippen LogP contribution in [0.25, 0.3) is 0 Å². The van der Waals surface area contributed by atoms with E-state index in [9.17, 15) is 4.79 Å². The van der Waals surface area contributed by atoms with Gasteiger partial charge >= 0.3 is 0 Å². The quantitative estimate of drug-likeness (QED) is 0.751. The fraction of sp³-hybridized carbons (Fsp3) is 0.316. The number of thioether (sulfide) groups is 1. The van der Waals surface area contributed by atoms with E-state index in [1.54, 1.807) is 11.8 Å². The topological polar surface area (TPSA) is 29.1 Å². The zero-order chi connectivity index (χ0) is 15.9. The number of aryl methyl sites for hydroxylation is 1. The summed E-state index contributed by atoms with van der Waals surface area (Å²) in [5, 5.41) is 2.96. The van der Waals surface area contributed by atoms with Crippen LogP contribution < -0.4 is 5.32 Å². The zero-order valence-corrected chi connectivity index (χ0v) is 14.2. The molecule has 1 N–H and O–H groups in total. The highest BCUT2D eigenvalue weighted by Crippen LogP contribution is 2.19. The number of benzene rings is 2. The molecule has 0 heterocycles. The van der Waals surface area contributed by atoms with Crippen molar-refractivity contribution in [2.75, 3.05) is 11.6 Å². The predicted molar refractivity (Wildman–Crippen MR) is 95.7 cm³/mol. The largest absolute Gasteiger partial charge is 0.326 e. The van der Waals surface area contributed by atoms with E-state index in [4.69, 9.17) is 0 Å². The predicted octanol–water partition coefficient (Wildman–Crippen LogP) is 5.10. The van der Waals surface area contributed by atoms with Gasteiger partial charge in [-0.2, -0.15) is 0 Å².